The molecule has 1 rings (SSSR count). The molecule has 4 heteroatoms. The molecule has 1 aromatic rings. The Labute approximate surface area is 100 Å². The molecule has 0 aliphatic rings. The Balaban J connectivity index is 3.20. The number of carbonyl (C=O) groups is 1. The van der Waals surface area contributed by atoms with Gasteiger partial charge in [0.15, 0.2) is 0 Å². The molecule has 0 aliphatic heterocycles. The van der Waals surface area contributed by atoms with E-state index in [9.17, 15) is 4.79 Å². The summed E-state index contributed by atoms with van der Waals surface area (Å²) in [4.78, 5) is 11.7. The molecule has 1 aromatic carbocycles. The SMILES string of the molecule is CCOC(=O)c1cc(OC)cc(CCl)c1C. The molecule has 0 unspecified atom stereocenters. The van der Waals surface area contributed by atoms with Gasteiger partial charge in [-0.3, -0.25) is 0 Å². The molecular weight excluding hydrogens is 228 g/mol. The summed E-state index contributed by atoms with van der Waals surface area (Å²) < 4.78 is 10.1. The average Bonchev–Trinajstić information content (AvgIpc) is 2.29. The van der Waals surface area contributed by atoms with E-state index >= 15 is 0 Å². The molecule has 16 heavy (non-hydrogen) atoms. The highest BCUT2D eigenvalue weighted by Gasteiger charge is 2.14. The molecule has 0 saturated heterocycles. The summed E-state index contributed by atoms with van der Waals surface area (Å²) in [7, 11) is 1.55. The van der Waals surface area contributed by atoms with Crippen molar-refractivity contribution in [3.05, 3.63) is 28.8 Å². The third-order valence-corrected chi connectivity index (χ3v) is 2.65. The second kappa shape index (κ2) is 5.75. The van der Waals surface area contributed by atoms with Crippen LogP contribution in [0.2, 0.25) is 0 Å². The minimum atomic E-state index is -0.342. The lowest BCUT2D eigenvalue weighted by Gasteiger charge is -2.11. The van der Waals surface area contributed by atoms with Crippen LogP contribution in [-0.4, -0.2) is 19.7 Å². The van der Waals surface area contributed by atoms with Crippen molar-refractivity contribution in [3.8, 4) is 5.75 Å². The Bertz CT molecular complexity index is 388. The largest absolute Gasteiger partial charge is 0.497 e. The van der Waals surface area contributed by atoms with Crippen LogP contribution in [0.25, 0.3) is 0 Å². The zero-order chi connectivity index (χ0) is 12.1. The van der Waals surface area contributed by atoms with Crippen LogP contribution in [0.3, 0.4) is 0 Å². The van der Waals surface area contributed by atoms with E-state index in [0.29, 0.717) is 23.8 Å². The molecule has 0 heterocycles. The van der Waals surface area contributed by atoms with Crippen LogP contribution >= 0.6 is 11.6 Å². The molecule has 3 nitrogen and oxygen atoms in total. The van der Waals surface area contributed by atoms with Crippen molar-refractivity contribution < 1.29 is 14.3 Å². The van der Waals surface area contributed by atoms with Gasteiger partial charge in [0.2, 0.25) is 0 Å². The molecule has 0 saturated carbocycles. The number of carbonyl (C=O) groups excluding carboxylic acids is 1. The van der Waals surface area contributed by atoms with Crippen molar-refractivity contribution in [3.63, 3.8) is 0 Å². The number of halogens is 1. The van der Waals surface area contributed by atoms with E-state index in [0.717, 1.165) is 11.1 Å². The molecule has 0 fully saturated rings. The molecule has 0 spiro atoms. The van der Waals surface area contributed by atoms with E-state index < -0.39 is 0 Å². The van der Waals surface area contributed by atoms with Crippen LogP contribution in [0, 0.1) is 6.92 Å². The number of hydrogen-bond acceptors (Lipinski definition) is 3. The normalized spacial score (nSPS) is 10.0. The summed E-state index contributed by atoms with van der Waals surface area (Å²) >= 11 is 5.81. The average molecular weight is 243 g/mol. The van der Waals surface area contributed by atoms with E-state index in [-0.39, 0.29) is 5.97 Å². The number of alkyl halides is 1. The molecule has 0 aliphatic carbocycles. The quantitative estimate of drug-likeness (QED) is 0.602. The van der Waals surface area contributed by atoms with Gasteiger partial charge < -0.3 is 9.47 Å². The Morgan fingerprint density at radius 3 is 2.62 bits per heavy atom. The van der Waals surface area contributed by atoms with Crippen molar-refractivity contribution in [2.24, 2.45) is 0 Å². The van der Waals surface area contributed by atoms with Crippen molar-refractivity contribution in [2.45, 2.75) is 19.7 Å². The third kappa shape index (κ3) is 2.67. The van der Waals surface area contributed by atoms with Gasteiger partial charge in [-0.05, 0) is 37.1 Å². The van der Waals surface area contributed by atoms with Crippen molar-refractivity contribution >= 4 is 17.6 Å². The van der Waals surface area contributed by atoms with E-state index in [1.54, 1.807) is 20.1 Å². The number of methoxy groups -OCH3 is 1. The van der Waals surface area contributed by atoms with Gasteiger partial charge in [-0.1, -0.05) is 0 Å². The first-order chi connectivity index (χ1) is 7.63. The van der Waals surface area contributed by atoms with Crippen LogP contribution in [-0.2, 0) is 10.6 Å². The zero-order valence-corrected chi connectivity index (χ0v) is 10.4. The van der Waals surface area contributed by atoms with Crippen LogP contribution in [0.4, 0.5) is 0 Å². The van der Waals surface area contributed by atoms with E-state index in [1.807, 2.05) is 13.0 Å². The van der Waals surface area contributed by atoms with E-state index in [4.69, 9.17) is 21.1 Å². The van der Waals surface area contributed by atoms with Crippen molar-refractivity contribution in [2.75, 3.05) is 13.7 Å². The Hall–Kier alpha value is -1.22. The van der Waals surface area contributed by atoms with Crippen LogP contribution in [0.1, 0.15) is 28.4 Å². The van der Waals surface area contributed by atoms with Gasteiger partial charge in [0.1, 0.15) is 5.75 Å². The summed E-state index contributed by atoms with van der Waals surface area (Å²) in [6.07, 6.45) is 0. The minimum absolute atomic E-state index is 0.342. The molecule has 0 atom stereocenters. The summed E-state index contributed by atoms with van der Waals surface area (Å²) in [5.74, 6) is 0.615. The lowest BCUT2D eigenvalue weighted by Crippen LogP contribution is -2.08. The van der Waals surface area contributed by atoms with Gasteiger partial charge >= 0.3 is 5.97 Å². The minimum Gasteiger partial charge on any atom is -0.497 e. The fourth-order valence-electron chi connectivity index (χ4n) is 1.42. The first-order valence-corrected chi connectivity index (χ1v) is 5.58. The predicted molar refractivity (Wildman–Crippen MR) is 63.2 cm³/mol. The van der Waals surface area contributed by atoms with E-state index in [1.165, 1.54) is 0 Å². The highest BCUT2D eigenvalue weighted by molar-refractivity contribution is 6.17. The van der Waals surface area contributed by atoms with Gasteiger partial charge in [0, 0.05) is 5.88 Å². The van der Waals surface area contributed by atoms with Crippen LogP contribution in [0.5, 0.6) is 5.75 Å². The van der Waals surface area contributed by atoms with Gasteiger partial charge in [-0.25, -0.2) is 4.79 Å². The third-order valence-electron chi connectivity index (χ3n) is 2.36. The van der Waals surface area contributed by atoms with Gasteiger partial charge in [0.05, 0.1) is 19.3 Å². The first kappa shape index (κ1) is 12.8. The monoisotopic (exact) mass is 242 g/mol. The lowest BCUT2D eigenvalue weighted by molar-refractivity contribution is 0.0525. The summed E-state index contributed by atoms with van der Waals surface area (Å²) in [6, 6.07) is 3.49. The number of ether oxygens (including phenoxy) is 2. The Morgan fingerprint density at radius 1 is 1.44 bits per heavy atom. The first-order valence-electron chi connectivity index (χ1n) is 5.04. The molecular formula is C12H15ClO3. The van der Waals surface area contributed by atoms with Crippen LogP contribution < -0.4 is 4.74 Å². The van der Waals surface area contributed by atoms with Crippen molar-refractivity contribution in [1.29, 1.82) is 0 Å². The van der Waals surface area contributed by atoms with Crippen LogP contribution in [0.15, 0.2) is 12.1 Å². The lowest BCUT2D eigenvalue weighted by atomic mass is 10.0. The zero-order valence-electron chi connectivity index (χ0n) is 9.67. The molecule has 0 radical (unpaired) electrons. The van der Waals surface area contributed by atoms with E-state index in [2.05, 4.69) is 0 Å². The van der Waals surface area contributed by atoms with Crippen molar-refractivity contribution in [1.82, 2.24) is 0 Å². The fourth-order valence-corrected chi connectivity index (χ4v) is 1.70. The molecule has 88 valence electrons. The number of hydrogen-bond donors (Lipinski definition) is 0. The maximum atomic E-state index is 11.7. The summed E-state index contributed by atoms with van der Waals surface area (Å²) in [5.41, 5.74) is 2.23. The Kier molecular flexibility index (Phi) is 4.62. The Morgan fingerprint density at radius 2 is 2.12 bits per heavy atom. The summed E-state index contributed by atoms with van der Waals surface area (Å²) in [5, 5.41) is 0. The summed E-state index contributed by atoms with van der Waals surface area (Å²) in [6.45, 7) is 3.98. The standard InChI is InChI=1S/C12H15ClO3/c1-4-16-12(14)11-6-10(15-3)5-9(7-13)8(11)2/h5-6H,4,7H2,1-3H3. The molecule has 0 amide bonds. The van der Waals surface area contributed by atoms with Gasteiger partial charge in [0.25, 0.3) is 0 Å². The van der Waals surface area contributed by atoms with Gasteiger partial charge in [-0.2, -0.15) is 0 Å². The second-order valence-corrected chi connectivity index (χ2v) is 3.58. The van der Waals surface area contributed by atoms with Gasteiger partial charge in [-0.15, -0.1) is 11.6 Å². The smallest absolute Gasteiger partial charge is 0.338 e. The molecule has 0 N–H and O–H groups in total. The topological polar surface area (TPSA) is 35.5 Å². The molecule has 0 bridgehead atoms. The second-order valence-electron chi connectivity index (χ2n) is 3.31. The highest BCUT2D eigenvalue weighted by atomic mass is 35.5. The highest BCUT2D eigenvalue weighted by Crippen LogP contribution is 2.24. The number of benzene rings is 1. The fraction of sp³-hybridized carbons (Fsp3) is 0.417. The maximum absolute atomic E-state index is 11.7. The number of rotatable bonds is 4. The molecule has 0 aromatic heterocycles. The predicted octanol–water partition coefficient (Wildman–Crippen LogP) is 2.92. The maximum Gasteiger partial charge on any atom is 0.338 e. The number of esters is 1.